The van der Waals surface area contributed by atoms with Crippen LogP contribution in [-0.2, 0) is 4.74 Å². The fraction of sp³-hybridized carbons (Fsp3) is 0.941. The smallest absolute Gasteiger partial charge is 0.191 e. The number of hydrogen-bond acceptors (Lipinski definition) is 3. The molecule has 0 spiro atoms. The summed E-state index contributed by atoms with van der Waals surface area (Å²) in [5.41, 5.74) is 0. The molecule has 5 nitrogen and oxygen atoms in total. The topological polar surface area (TPSA) is 48.9 Å². The molecule has 0 atom stereocenters. The molecule has 0 amide bonds. The molecule has 5 heteroatoms. The number of aliphatic imine (C=N–C) groups is 1. The second-order valence-electron chi connectivity index (χ2n) is 6.37. The lowest BCUT2D eigenvalue weighted by atomic mass is 10.0. The summed E-state index contributed by atoms with van der Waals surface area (Å²) in [6.07, 6.45) is 5.77. The molecule has 1 fully saturated rings. The van der Waals surface area contributed by atoms with Crippen molar-refractivity contribution in [3.8, 4) is 0 Å². The largest absolute Gasteiger partial charge is 0.381 e. The number of nitrogens with zero attached hydrogens (tertiary/aromatic N) is 2. The van der Waals surface area contributed by atoms with Gasteiger partial charge in [-0.25, -0.2) is 0 Å². The van der Waals surface area contributed by atoms with Gasteiger partial charge in [-0.2, -0.15) is 0 Å². The van der Waals surface area contributed by atoms with Crippen molar-refractivity contribution in [3.05, 3.63) is 0 Å². The summed E-state index contributed by atoms with van der Waals surface area (Å²) in [7, 11) is 1.84. The summed E-state index contributed by atoms with van der Waals surface area (Å²) in [4.78, 5) is 6.87. The van der Waals surface area contributed by atoms with Crippen LogP contribution in [0.3, 0.4) is 0 Å². The minimum Gasteiger partial charge on any atom is -0.381 e. The molecule has 0 radical (unpaired) electrons. The lowest BCUT2D eigenvalue weighted by Crippen LogP contribution is -2.50. The molecule has 1 aliphatic heterocycles. The third-order valence-electron chi connectivity index (χ3n) is 4.22. The first kappa shape index (κ1) is 19.2. The van der Waals surface area contributed by atoms with E-state index in [-0.39, 0.29) is 0 Å². The first-order chi connectivity index (χ1) is 10.7. The Labute approximate surface area is 136 Å². The van der Waals surface area contributed by atoms with Gasteiger partial charge in [0.25, 0.3) is 0 Å². The predicted octanol–water partition coefficient (Wildman–Crippen LogP) is 2.23. The van der Waals surface area contributed by atoms with Crippen molar-refractivity contribution in [3.63, 3.8) is 0 Å². The van der Waals surface area contributed by atoms with E-state index in [9.17, 15) is 0 Å². The van der Waals surface area contributed by atoms with Gasteiger partial charge < -0.3 is 20.3 Å². The van der Waals surface area contributed by atoms with Gasteiger partial charge in [-0.15, -0.1) is 0 Å². The zero-order valence-corrected chi connectivity index (χ0v) is 15.0. The number of unbranched alkanes of at least 4 members (excludes halogenated alkanes) is 1. The molecule has 1 saturated heterocycles. The van der Waals surface area contributed by atoms with Crippen LogP contribution in [0.15, 0.2) is 4.99 Å². The Bertz CT molecular complexity index is 299. The van der Waals surface area contributed by atoms with Crippen LogP contribution in [0.5, 0.6) is 0 Å². The average molecular weight is 313 g/mol. The van der Waals surface area contributed by atoms with E-state index in [0.29, 0.717) is 12.1 Å². The molecule has 22 heavy (non-hydrogen) atoms. The fourth-order valence-corrected chi connectivity index (χ4v) is 2.68. The van der Waals surface area contributed by atoms with E-state index in [2.05, 4.69) is 41.3 Å². The molecule has 0 unspecified atom stereocenters. The van der Waals surface area contributed by atoms with E-state index in [1.165, 1.54) is 32.4 Å². The number of nitrogens with one attached hydrogen (secondary N) is 2. The molecule has 2 N–H and O–H groups in total. The lowest BCUT2D eigenvalue weighted by Gasteiger charge is -2.35. The van der Waals surface area contributed by atoms with Crippen molar-refractivity contribution in [2.45, 2.75) is 65.0 Å². The maximum absolute atomic E-state index is 5.57. The Kier molecular flexibility index (Phi) is 10.2. The van der Waals surface area contributed by atoms with Crippen molar-refractivity contribution in [2.24, 2.45) is 4.99 Å². The quantitative estimate of drug-likeness (QED) is 0.389. The average Bonchev–Trinajstić information content (AvgIpc) is 2.53. The Balaban J connectivity index is 2.10. The number of piperidine rings is 1. The SMILES string of the molecule is CCCCOCCCNC(=NC)NC1CCN(C(C)C)CC1. The summed E-state index contributed by atoms with van der Waals surface area (Å²) in [5.74, 6) is 0.927. The summed E-state index contributed by atoms with van der Waals surface area (Å²) >= 11 is 0. The van der Waals surface area contributed by atoms with Crippen molar-refractivity contribution in [1.29, 1.82) is 0 Å². The van der Waals surface area contributed by atoms with E-state index in [1.807, 2.05) is 7.05 Å². The molecule has 1 heterocycles. The number of guanidine groups is 1. The van der Waals surface area contributed by atoms with Crippen LogP contribution >= 0.6 is 0 Å². The van der Waals surface area contributed by atoms with Crippen LogP contribution in [0.4, 0.5) is 0 Å². The summed E-state index contributed by atoms with van der Waals surface area (Å²) in [6.45, 7) is 11.7. The molecule has 0 saturated carbocycles. The number of likely N-dealkylation sites (tertiary alicyclic amines) is 1. The minimum absolute atomic E-state index is 0.544. The van der Waals surface area contributed by atoms with Gasteiger partial charge in [0.2, 0.25) is 0 Å². The van der Waals surface area contributed by atoms with Gasteiger partial charge in [0.15, 0.2) is 5.96 Å². The molecule has 130 valence electrons. The Morgan fingerprint density at radius 1 is 1.23 bits per heavy atom. The monoisotopic (exact) mass is 312 g/mol. The van der Waals surface area contributed by atoms with E-state index in [4.69, 9.17) is 4.74 Å². The highest BCUT2D eigenvalue weighted by Crippen LogP contribution is 2.12. The second-order valence-corrected chi connectivity index (χ2v) is 6.37. The van der Waals surface area contributed by atoms with Crippen LogP contribution in [0.2, 0.25) is 0 Å². The van der Waals surface area contributed by atoms with Gasteiger partial charge in [0, 0.05) is 52.0 Å². The van der Waals surface area contributed by atoms with Crippen molar-refractivity contribution < 1.29 is 4.74 Å². The van der Waals surface area contributed by atoms with Gasteiger partial charge in [0.05, 0.1) is 0 Å². The van der Waals surface area contributed by atoms with E-state index >= 15 is 0 Å². The summed E-state index contributed by atoms with van der Waals surface area (Å²) < 4.78 is 5.57. The van der Waals surface area contributed by atoms with Crippen LogP contribution in [0.25, 0.3) is 0 Å². The number of rotatable bonds is 9. The highest BCUT2D eigenvalue weighted by atomic mass is 16.5. The standard InChI is InChI=1S/C17H36N4O/c1-5-6-13-22-14-7-10-19-17(18-4)20-16-8-11-21(12-9-16)15(2)3/h15-16H,5-14H2,1-4H3,(H2,18,19,20). The minimum atomic E-state index is 0.544. The maximum Gasteiger partial charge on any atom is 0.191 e. The number of hydrogen-bond donors (Lipinski definition) is 2. The third-order valence-corrected chi connectivity index (χ3v) is 4.22. The second kappa shape index (κ2) is 11.7. The normalized spacial score (nSPS) is 18.0. The van der Waals surface area contributed by atoms with Gasteiger partial charge in [-0.3, -0.25) is 4.99 Å². The van der Waals surface area contributed by atoms with Crippen molar-refractivity contribution >= 4 is 5.96 Å². The van der Waals surface area contributed by atoms with Crippen LogP contribution in [-0.4, -0.2) is 62.8 Å². The molecule has 0 aromatic rings. The first-order valence-corrected chi connectivity index (χ1v) is 8.96. The van der Waals surface area contributed by atoms with E-state index in [1.54, 1.807) is 0 Å². The Morgan fingerprint density at radius 2 is 1.91 bits per heavy atom. The molecular formula is C17H36N4O. The Morgan fingerprint density at radius 3 is 2.50 bits per heavy atom. The number of ether oxygens (including phenoxy) is 1. The van der Waals surface area contributed by atoms with Gasteiger partial charge in [-0.1, -0.05) is 13.3 Å². The van der Waals surface area contributed by atoms with Crippen LogP contribution < -0.4 is 10.6 Å². The van der Waals surface area contributed by atoms with Crippen LogP contribution in [0, 0.1) is 0 Å². The van der Waals surface area contributed by atoms with E-state index in [0.717, 1.165) is 38.6 Å². The molecule has 0 aromatic heterocycles. The lowest BCUT2D eigenvalue weighted by molar-refractivity contribution is 0.129. The zero-order valence-electron chi connectivity index (χ0n) is 15.0. The first-order valence-electron chi connectivity index (χ1n) is 8.96. The summed E-state index contributed by atoms with van der Waals surface area (Å²) in [6, 6.07) is 1.20. The van der Waals surface area contributed by atoms with Crippen LogP contribution in [0.1, 0.15) is 52.9 Å². The van der Waals surface area contributed by atoms with Gasteiger partial charge in [-0.05, 0) is 39.5 Å². The summed E-state index contributed by atoms with van der Waals surface area (Å²) in [5, 5.41) is 6.93. The third kappa shape index (κ3) is 7.99. The van der Waals surface area contributed by atoms with Gasteiger partial charge >= 0.3 is 0 Å². The highest BCUT2D eigenvalue weighted by molar-refractivity contribution is 5.79. The molecular weight excluding hydrogens is 276 g/mol. The molecule has 0 bridgehead atoms. The van der Waals surface area contributed by atoms with Gasteiger partial charge in [0.1, 0.15) is 0 Å². The molecule has 1 rings (SSSR count). The molecule has 1 aliphatic rings. The van der Waals surface area contributed by atoms with Crippen molar-refractivity contribution in [2.75, 3.05) is 39.9 Å². The van der Waals surface area contributed by atoms with E-state index < -0.39 is 0 Å². The fourth-order valence-electron chi connectivity index (χ4n) is 2.68. The molecule has 0 aliphatic carbocycles. The maximum atomic E-state index is 5.57. The molecule has 0 aromatic carbocycles. The highest BCUT2D eigenvalue weighted by Gasteiger charge is 2.21. The van der Waals surface area contributed by atoms with Crippen molar-refractivity contribution in [1.82, 2.24) is 15.5 Å². The Hall–Kier alpha value is -0.810. The zero-order chi connectivity index (χ0) is 16.2. The predicted molar refractivity (Wildman–Crippen MR) is 94.6 cm³/mol.